The Kier molecular flexibility index (Phi) is 12.9. The Balaban J connectivity index is 0.00000109. The molecule has 1 aliphatic heterocycles. The lowest BCUT2D eigenvalue weighted by Gasteiger charge is -2.27. The van der Waals surface area contributed by atoms with Gasteiger partial charge in [0, 0.05) is 41.5 Å². The summed E-state index contributed by atoms with van der Waals surface area (Å²) < 4.78 is 0. The van der Waals surface area contributed by atoms with Crippen LogP contribution in [0.3, 0.4) is 0 Å². The Bertz CT molecular complexity index is 1040. The predicted octanol–water partition coefficient (Wildman–Crippen LogP) is 7.58. The molecule has 2 N–H and O–H groups in total. The van der Waals surface area contributed by atoms with Crippen molar-refractivity contribution in [3.63, 3.8) is 0 Å². The van der Waals surface area contributed by atoms with Crippen LogP contribution >= 0.6 is 11.3 Å². The molecule has 0 aromatic carbocycles. The number of aromatic nitrogens is 1. The topological polar surface area (TPSA) is 75.8 Å². The first-order valence-electron chi connectivity index (χ1n) is 13.9. The molecule has 3 heterocycles. The Morgan fingerprint density at radius 3 is 2.69 bits per heavy atom. The van der Waals surface area contributed by atoms with E-state index in [1.54, 1.807) is 11.3 Å². The van der Waals surface area contributed by atoms with Crippen molar-refractivity contribution < 1.29 is 0 Å². The van der Waals surface area contributed by atoms with Gasteiger partial charge in [-0.05, 0) is 74.4 Å². The minimum absolute atomic E-state index is 0.0241. The Labute approximate surface area is 223 Å². The van der Waals surface area contributed by atoms with Crippen LogP contribution < -0.4 is 10.2 Å². The summed E-state index contributed by atoms with van der Waals surface area (Å²) in [6, 6.07) is 8.65. The highest BCUT2D eigenvalue weighted by Gasteiger charge is 2.30. The molecular formula is C30H45N5S. The molecule has 2 aliphatic rings. The van der Waals surface area contributed by atoms with Gasteiger partial charge in [-0.2, -0.15) is 5.26 Å². The van der Waals surface area contributed by atoms with Gasteiger partial charge in [-0.3, -0.25) is 0 Å². The molecule has 36 heavy (non-hydrogen) atoms. The van der Waals surface area contributed by atoms with Crippen molar-refractivity contribution >= 4 is 28.4 Å². The van der Waals surface area contributed by atoms with Gasteiger partial charge in [0.05, 0.1) is 11.3 Å². The second kappa shape index (κ2) is 15.6. The number of nitriles is 1. The second-order valence-electron chi connectivity index (χ2n) is 8.78. The molecule has 5 nitrogen and oxygen atoms in total. The number of allylic oxidation sites excluding steroid dienone is 2. The van der Waals surface area contributed by atoms with Gasteiger partial charge in [-0.1, -0.05) is 47.1 Å². The van der Waals surface area contributed by atoms with Gasteiger partial charge in [0.15, 0.2) is 0 Å². The molecule has 1 saturated heterocycles. The van der Waals surface area contributed by atoms with Crippen molar-refractivity contribution in [1.82, 2.24) is 10.3 Å². The highest BCUT2D eigenvalue weighted by atomic mass is 32.1. The summed E-state index contributed by atoms with van der Waals surface area (Å²) in [6.45, 7) is 16.3. The normalized spacial score (nSPS) is 17.7. The quantitative estimate of drug-likeness (QED) is 0.395. The summed E-state index contributed by atoms with van der Waals surface area (Å²) in [7, 11) is 0. The van der Waals surface area contributed by atoms with Gasteiger partial charge in [0.25, 0.3) is 0 Å². The van der Waals surface area contributed by atoms with Gasteiger partial charge in [-0.15, -0.1) is 11.3 Å². The molecule has 2 aromatic heterocycles. The van der Waals surface area contributed by atoms with Gasteiger partial charge < -0.3 is 15.6 Å². The number of nitrogens with zero attached hydrogens (tertiary/aromatic N) is 3. The van der Waals surface area contributed by atoms with E-state index in [-0.39, 0.29) is 5.92 Å². The highest BCUT2D eigenvalue weighted by Crippen LogP contribution is 2.41. The average Bonchev–Trinajstić information content (AvgIpc) is 3.18. The van der Waals surface area contributed by atoms with E-state index >= 15 is 0 Å². The Morgan fingerprint density at radius 1 is 1.19 bits per heavy atom. The molecule has 1 atom stereocenters. The van der Waals surface area contributed by atoms with E-state index in [2.05, 4.69) is 48.3 Å². The zero-order valence-electron chi connectivity index (χ0n) is 23.2. The Hall–Kier alpha value is -2.49. The molecular weight excluding hydrogens is 462 g/mol. The maximum Gasteiger partial charge on any atom is 0.129 e. The van der Waals surface area contributed by atoms with E-state index in [1.807, 2.05) is 33.1 Å². The van der Waals surface area contributed by atoms with Crippen LogP contribution in [0.2, 0.25) is 0 Å². The van der Waals surface area contributed by atoms with Gasteiger partial charge >= 0.3 is 0 Å². The van der Waals surface area contributed by atoms with Crippen molar-refractivity contribution in [2.24, 2.45) is 0 Å². The first-order chi connectivity index (χ1) is 17.6. The number of rotatable bonds is 6. The van der Waals surface area contributed by atoms with Crippen molar-refractivity contribution in [2.45, 2.75) is 86.0 Å². The van der Waals surface area contributed by atoms with Crippen LogP contribution in [0, 0.1) is 16.7 Å². The van der Waals surface area contributed by atoms with Crippen LogP contribution in [-0.4, -0.2) is 36.9 Å². The van der Waals surface area contributed by atoms with Crippen LogP contribution in [-0.2, 0) is 6.42 Å². The third-order valence-electron chi connectivity index (χ3n) is 6.68. The van der Waals surface area contributed by atoms with Crippen LogP contribution in [0.1, 0.15) is 101 Å². The summed E-state index contributed by atoms with van der Waals surface area (Å²) in [6.07, 6.45) is 6.04. The number of nitrogens with one attached hydrogen (secondary N) is 2. The lowest BCUT2D eigenvalue weighted by Crippen LogP contribution is -2.28. The highest BCUT2D eigenvalue weighted by molar-refractivity contribution is 7.10. The van der Waals surface area contributed by atoms with Crippen molar-refractivity contribution in [3.05, 3.63) is 50.9 Å². The number of pyridine rings is 1. The maximum absolute atomic E-state index is 9.64. The van der Waals surface area contributed by atoms with Crippen LogP contribution in [0.4, 0.5) is 5.82 Å². The van der Waals surface area contributed by atoms with Gasteiger partial charge in [0.2, 0.25) is 0 Å². The smallest absolute Gasteiger partial charge is 0.129 e. The number of hydrogen-bond acceptors (Lipinski definition) is 6. The molecule has 4 rings (SSSR count). The summed E-state index contributed by atoms with van der Waals surface area (Å²) in [5.74, 6) is 1.05. The third kappa shape index (κ3) is 7.05. The van der Waals surface area contributed by atoms with Gasteiger partial charge in [-0.25, -0.2) is 4.98 Å². The number of anilines is 1. The molecule has 2 aromatic rings. The second-order valence-corrected chi connectivity index (χ2v) is 9.75. The summed E-state index contributed by atoms with van der Waals surface area (Å²) in [5, 5.41) is 24.3. The molecule has 0 spiro atoms. The molecule has 1 aliphatic carbocycles. The van der Waals surface area contributed by atoms with E-state index in [0.717, 1.165) is 98.5 Å². The van der Waals surface area contributed by atoms with Gasteiger partial charge in [0.1, 0.15) is 11.9 Å². The number of fused-ring (bicyclic) bond motifs is 1. The average molecular weight is 508 g/mol. The van der Waals surface area contributed by atoms with E-state index in [9.17, 15) is 10.7 Å². The first-order valence-corrected chi connectivity index (χ1v) is 14.7. The monoisotopic (exact) mass is 507 g/mol. The third-order valence-corrected chi connectivity index (χ3v) is 7.75. The number of hydrogen-bond donors (Lipinski definition) is 2. The minimum atomic E-state index is 0.0241. The summed E-state index contributed by atoms with van der Waals surface area (Å²) in [4.78, 5) is 8.69. The zero-order chi connectivity index (χ0) is 26.5. The van der Waals surface area contributed by atoms with Crippen LogP contribution in [0.15, 0.2) is 29.2 Å². The lowest BCUT2D eigenvalue weighted by atomic mass is 9.78. The van der Waals surface area contributed by atoms with Crippen molar-refractivity contribution in [1.29, 1.82) is 10.7 Å². The molecule has 0 saturated carbocycles. The Morgan fingerprint density at radius 2 is 1.97 bits per heavy atom. The maximum atomic E-state index is 9.64. The molecule has 0 radical (unpaired) electrons. The first kappa shape index (κ1) is 29.7. The van der Waals surface area contributed by atoms with E-state index in [1.165, 1.54) is 4.88 Å². The largest absolute Gasteiger partial charge is 0.355 e. The van der Waals surface area contributed by atoms with Crippen molar-refractivity contribution in [3.8, 4) is 6.07 Å². The van der Waals surface area contributed by atoms with Crippen LogP contribution in [0.5, 0.6) is 0 Å². The molecule has 0 bridgehead atoms. The number of aryl methyl sites for hydroxylation is 1. The zero-order valence-corrected chi connectivity index (χ0v) is 24.0. The van der Waals surface area contributed by atoms with Crippen LogP contribution in [0.25, 0.3) is 5.57 Å². The van der Waals surface area contributed by atoms with E-state index in [4.69, 9.17) is 4.98 Å². The van der Waals surface area contributed by atoms with E-state index < -0.39 is 0 Å². The standard InChI is InChI=1S/C26H33N5S.2C2H6/c1-3-7-20(26(28)21-8-4-10-23-25(21)19(16-27)17-32-23)18(2)22-9-5-11-24(30-22)31-14-6-12-29-13-15-31;2*1-2/h5,9,11,17,21,28-29H,3-4,6-8,10,12-15H2,1-2H3;2*1-2H3/b20-18+,28-26?;;/t21-;;/m0../s1. The number of thiophene rings is 1. The summed E-state index contributed by atoms with van der Waals surface area (Å²) >= 11 is 1.69. The summed E-state index contributed by atoms with van der Waals surface area (Å²) in [5.41, 5.74) is 5.74. The molecule has 1 fully saturated rings. The lowest BCUT2D eigenvalue weighted by molar-refractivity contribution is 0.654. The molecule has 6 heteroatoms. The SMILES string of the molecule is CC.CC.CCC/C(C(=N)[C@H]1CCCc2scc(C#N)c21)=C(/C)c1cccc(N2CCCNCC2)n1. The molecule has 196 valence electrons. The fourth-order valence-electron chi connectivity index (χ4n) is 4.99. The van der Waals surface area contributed by atoms with E-state index in [0.29, 0.717) is 5.71 Å². The molecule has 0 unspecified atom stereocenters. The predicted molar refractivity (Wildman–Crippen MR) is 157 cm³/mol. The minimum Gasteiger partial charge on any atom is -0.355 e. The van der Waals surface area contributed by atoms with Crippen molar-refractivity contribution in [2.75, 3.05) is 31.1 Å². The fraction of sp³-hybridized carbons (Fsp3) is 0.567. The molecule has 0 amide bonds. The fourth-order valence-corrected chi connectivity index (χ4v) is 6.07.